The first-order valence-corrected chi connectivity index (χ1v) is 8.62. The van der Waals surface area contributed by atoms with Crippen LogP contribution in [0.15, 0.2) is 30.3 Å². The van der Waals surface area contributed by atoms with Crippen molar-refractivity contribution in [2.24, 2.45) is 0 Å². The minimum Gasteiger partial charge on any atom is -0.467 e. The number of ether oxygens (including phenoxy) is 1. The van der Waals surface area contributed by atoms with E-state index in [2.05, 4.69) is 10.3 Å². The number of rotatable bonds is 3. The van der Waals surface area contributed by atoms with E-state index >= 15 is 0 Å². The SMILES string of the molecule is COC(=O)C1(NC(=O)c2nc3ccccc3cc2N)CCCCCC1. The number of aromatic nitrogens is 1. The summed E-state index contributed by atoms with van der Waals surface area (Å²) in [6.07, 6.45) is 4.97. The fraction of sp³-hybridized carbons (Fsp3) is 0.421. The zero-order valence-corrected chi connectivity index (χ0v) is 14.4. The monoisotopic (exact) mass is 341 g/mol. The molecule has 3 N–H and O–H groups in total. The highest BCUT2D eigenvalue weighted by Gasteiger charge is 2.41. The second-order valence-corrected chi connectivity index (χ2v) is 6.56. The lowest BCUT2D eigenvalue weighted by Gasteiger charge is -2.30. The smallest absolute Gasteiger partial charge is 0.331 e. The predicted molar refractivity (Wildman–Crippen MR) is 96.1 cm³/mol. The Morgan fingerprint density at radius 1 is 1.16 bits per heavy atom. The van der Waals surface area contributed by atoms with Crippen molar-refractivity contribution in [3.05, 3.63) is 36.0 Å². The number of methoxy groups -OCH3 is 1. The van der Waals surface area contributed by atoms with Gasteiger partial charge in [-0.25, -0.2) is 9.78 Å². The van der Waals surface area contributed by atoms with Gasteiger partial charge in [-0.1, -0.05) is 43.9 Å². The largest absolute Gasteiger partial charge is 0.467 e. The number of nitrogen functional groups attached to an aromatic ring is 1. The van der Waals surface area contributed by atoms with Gasteiger partial charge in [0.1, 0.15) is 5.54 Å². The molecule has 6 heteroatoms. The molecule has 1 fully saturated rings. The van der Waals surface area contributed by atoms with Crippen LogP contribution in [0.4, 0.5) is 5.69 Å². The lowest BCUT2D eigenvalue weighted by atomic mass is 9.90. The molecule has 3 rings (SSSR count). The molecule has 1 heterocycles. The van der Waals surface area contributed by atoms with Gasteiger partial charge in [-0.3, -0.25) is 4.79 Å². The maximum atomic E-state index is 12.9. The van der Waals surface area contributed by atoms with Crippen molar-refractivity contribution in [1.29, 1.82) is 0 Å². The summed E-state index contributed by atoms with van der Waals surface area (Å²) in [5.41, 5.74) is 6.17. The van der Waals surface area contributed by atoms with Gasteiger partial charge < -0.3 is 15.8 Å². The fourth-order valence-corrected chi connectivity index (χ4v) is 3.50. The first-order chi connectivity index (χ1) is 12.1. The topological polar surface area (TPSA) is 94.3 Å². The molecule has 1 aliphatic rings. The van der Waals surface area contributed by atoms with Crippen LogP contribution in [0.5, 0.6) is 0 Å². The quantitative estimate of drug-likeness (QED) is 0.661. The van der Waals surface area contributed by atoms with Crippen LogP contribution in [0.3, 0.4) is 0 Å². The summed E-state index contributed by atoms with van der Waals surface area (Å²) in [6.45, 7) is 0. The summed E-state index contributed by atoms with van der Waals surface area (Å²) in [5, 5.41) is 3.76. The molecule has 0 unspecified atom stereocenters. The summed E-state index contributed by atoms with van der Waals surface area (Å²) >= 11 is 0. The van der Waals surface area contributed by atoms with Crippen LogP contribution in [0.1, 0.15) is 49.0 Å². The Morgan fingerprint density at radius 2 is 1.84 bits per heavy atom. The van der Waals surface area contributed by atoms with Gasteiger partial charge in [-0.05, 0) is 25.0 Å². The van der Waals surface area contributed by atoms with Crippen molar-refractivity contribution in [2.75, 3.05) is 12.8 Å². The number of nitrogens with zero attached hydrogens (tertiary/aromatic N) is 1. The van der Waals surface area contributed by atoms with Crippen molar-refractivity contribution in [3.63, 3.8) is 0 Å². The average Bonchev–Trinajstić information content (AvgIpc) is 2.86. The van der Waals surface area contributed by atoms with Gasteiger partial charge in [0.15, 0.2) is 5.69 Å². The highest BCUT2D eigenvalue weighted by molar-refractivity contribution is 6.02. The van der Waals surface area contributed by atoms with Crippen molar-refractivity contribution in [2.45, 2.75) is 44.1 Å². The van der Waals surface area contributed by atoms with Crippen LogP contribution in [-0.4, -0.2) is 29.5 Å². The summed E-state index contributed by atoms with van der Waals surface area (Å²) in [7, 11) is 1.35. The Bertz CT molecular complexity index is 796. The molecule has 0 spiro atoms. The van der Waals surface area contributed by atoms with Gasteiger partial charge in [-0.2, -0.15) is 0 Å². The number of nitrogens with one attached hydrogen (secondary N) is 1. The number of para-hydroxylation sites is 1. The molecule has 1 saturated carbocycles. The van der Waals surface area contributed by atoms with Gasteiger partial charge in [0.2, 0.25) is 0 Å². The van der Waals surface area contributed by atoms with Crippen molar-refractivity contribution >= 4 is 28.5 Å². The molecule has 1 aromatic carbocycles. The number of hydrogen-bond acceptors (Lipinski definition) is 5. The Balaban J connectivity index is 1.93. The fourth-order valence-electron chi connectivity index (χ4n) is 3.50. The number of anilines is 1. The van der Waals surface area contributed by atoms with E-state index in [-0.39, 0.29) is 5.69 Å². The zero-order chi connectivity index (χ0) is 17.9. The highest BCUT2D eigenvalue weighted by atomic mass is 16.5. The molecule has 132 valence electrons. The first-order valence-electron chi connectivity index (χ1n) is 8.62. The normalized spacial score (nSPS) is 16.8. The third-order valence-electron chi connectivity index (χ3n) is 4.85. The van der Waals surface area contributed by atoms with E-state index in [4.69, 9.17) is 10.5 Å². The van der Waals surface area contributed by atoms with Gasteiger partial charge in [0.25, 0.3) is 5.91 Å². The van der Waals surface area contributed by atoms with Crippen LogP contribution in [0.2, 0.25) is 0 Å². The van der Waals surface area contributed by atoms with E-state index in [0.717, 1.165) is 31.1 Å². The number of carbonyl (C=O) groups is 2. The third kappa shape index (κ3) is 3.43. The minimum atomic E-state index is -0.998. The standard InChI is InChI=1S/C19H23N3O3/c1-25-18(24)19(10-6-2-3-7-11-19)22-17(23)16-14(20)12-13-8-4-5-9-15(13)21-16/h4-5,8-9,12H,2-3,6-7,10-11,20H2,1H3,(H,22,23). The number of benzene rings is 1. The lowest BCUT2D eigenvalue weighted by molar-refractivity contribution is -0.148. The number of esters is 1. The molecule has 0 radical (unpaired) electrons. The summed E-state index contributed by atoms with van der Waals surface area (Å²) < 4.78 is 4.98. The van der Waals surface area contributed by atoms with E-state index in [1.54, 1.807) is 6.07 Å². The molecule has 6 nitrogen and oxygen atoms in total. The molecular weight excluding hydrogens is 318 g/mol. The van der Waals surface area contributed by atoms with Crippen molar-refractivity contribution < 1.29 is 14.3 Å². The number of amides is 1. The maximum absolute atomic E-state index is 12.9. The molecule has 2 aromatic rings. The number of pyridine rings is 1. The Kier molecular flexibility index (Phi) is 4.88. The van der Waals surface area contributed by atoms with Crippen molar-refractivity contribution in [1.82, 2.24) is 10.3 Å². The van der Waals surface area contributed by atoms with Crippen molar-refractivity contribution in [3.8, 4) is 0 Å². The van der Waals surface area contributed by atoms with Crippen LogP contribution in [0, 0.1) is 0 Å². The Hall–Kier alpha value is -2.63. The predicted octanol–water partition coefficient (Wildman–Crippen LogP) is 2.81. The minimum absolute atomic E-state index is 0.145. The van der Waals surface area contributed by atoms with Gasteiger partial charge in [0.05, 0.1) is 18.3 Å². The first kappa shape index (κ1) is 17.2. The molecule has 0 atom stereocenters. The van der Waals surface area contributed by atoms with Crippen LogP contribution in [-0.2, 0) is 9.53 Å². The van der Waals surface area contributed by atoms with Gasteiger partial charge in [0, 0.05) is 5.39 Å². The van der Waals surface area contributed by atoms with Gasteiger partial charge in [-0.15, -0.1) is 0 Å². The summed E-state index contributed by atoms with van der Waals surface area (Å²) in [4.78, 5) is 29.7. The maximum Gasteiger partial charge on any atom is 0.331 e. The molecule has 0 aliphatic heterocycles. The molecule has 0 saturated heterocycles. The van der Waals surface area contributed by atoms with Crippen LogP contribution >= 0.6 is 0 Å². The molecule has 25 heavy (non-hydrogen) atoms. The number of carbonyl (C=O) groups excluding carboxylic acids is 2. The Labute approximate surface area is 146 Å². The summed E-state index contributed by atoms with van der Waals surface area (Å²) in [5.74, 6) is -0.835. The van der Waals surface area contributed by atoms with E-state index in [1.165, 1.54) is 7.11 Å². The Morgan fingerprint density at radius 3 is 2.52 bits per heavy atom. The number of hydrogen-bond donors (Lipinski definition) is 2. The molecule has 1 aromatic heterocycles. The van der Waals surface area contributed by atoms with E-state index in [9.17, 15) is 9.59 Å². The summed E-state index contributed by atoms with van der Waals surface area (Å²) in [6, 6.07) is 9.19. The average molecular weight is 341 g/mol. The molecular formula is C19H23N3O3. The highest BCUT2D eigenvalue weighted by Crippen LogP contribution is 2.29. The van der Waals surface area contributed by atoms with E-state index in [0.29, 0.717) is 24.0 Å². The van der Waals surface area contributed by atoms with Crippen LogP contribution < -0.4 is 11.1 Å². The number of fused-ring (bicyclic) bond motifs is 1. The van der Waals surface area contributed by atoms with E-state index < -0.39 is 17.4 Å². The van der Waals surface area contributed by atoms with E-state index in [1.807, 2.05) is 24.3 Å². The lowest BCUT2D eigenvalue weighted by Crippen LogP contribution is -2.55. The third-order valence-corrected chi connectivity index (χ3v) is 4.85. The van der Waals surface area contributed by atoms with Gasteiger partial charge >= 0.3 is 5.97 Å². The molecule has 1 aliphatic carbocycles. The second-order valence-electron chi connectivity index (χ2n) is 6.56. The number of nitrogens with two attached hydrogens (primary N) is 1. The molecule has 0 bridgehead atoms. The molecule has 1 amide bonds. The zero-order valence-electron chi connectivity index (χ0n) is 14.4. The second kappa shape index (κ2) is 7.09. The van der Waals surface area contributed by atoms with Crippen LogP contribution in [0.25, 0.3) is 10.9 Å².